The molecule has 0 spiro atoms. The van der Waals surface area contributed by atoms with Gasteiger partial charge in [-0.2, -0.15) is 0 Å². The molecule has 29 heavy (non-hydrogen) atoms. The number of amides is 2. The van der Waals surface area contributed by atoms with Crippen molar-refractivity contribution >= 4 is 34.4 Å². The first-order valence-electron chi connectivity index (χ1n) is 9.12. The van der Waals surface area contributed by atoms with Crippen molar-refractivity contribution < 1.29 is 9.90 Å². The molecule has 4 rings (SSSR count). The molecule has 0 fully saturated rings. The number of fused-ring (bicyclic) bond motifs is 1. The third-order valence-corrected chi connectivity index (χ3v) is 4.77. The van der Waals surface area contributed by atoms with E-state index in [1.807, 2.05) is 36.4 Å². The van der Waals surface area contributed by atoms with Crippen molar-refractivity contribution in [3.05, 3.63) is 89.2 Å². The van der Waals surface area contributed by atoms with E-state index in [-0.39, 0.29) is 17.8 Å². The van der Waals surface area contributed by atoms with Gasteiger partial charge in [0.2, 0.25) is 0 Å². The highest BCUT2D eigenvalue weighted by atomic mass is 35.5. The van der Waals surface area contributed by atoms with Crippen LogP contribution < -0.4 is 10.6 Å². The Labute approximate surface area is 172 Å². The van der Waals surface area contributed by atoms with E-state index < -0.39 is 0 Å². The predicted molar refractivity (Wildman–Crippen MR) is 114 cm³/mol. The fraction of sp³-hybridized carbons (Fsp3) is 0.0909. The van der Waals surface area contributed by atoms with E-state index in [1.54, 1.807) is 36.4 Å². The lowest BCUT2D eigenvalue weighted by molar-refractivity contribution is 0.248. The number of imidazole rings is 1. The number of benzene rings is 3. The third-order valence-electron chi connectivity index (χ3n) is 4.52. The van der Waals surface area contributed by atoms with Crippen LogP contribution in [0.25, 0.3) is 11.0 Å². The Kier molecular flexibility index (Phi) is 5.35. The summed E-state index contributed by atoms with van der Waals surface area (Å²) in [5, 5.41) is 15.9. The number of urea groups is 1. The summed E-state index contributed by atoms with van der Waals surface area (Å²) in [5.74, 6) is 0.855. The lowest BCUT2D eigenvalue weighted by Crippen LogP contribution is -2.34. The van der Waals surface area contributed by atoms with Crippen LogP contribution in [0.5, 0.6) is 5.75 Å². The Bertz CT molecular complexity index is 1090. The first kappa shape index (κ1) is 18.8. The van der Waals surface area contributed by atoms with Gasteiger partial charge in [0.1, 0.15) is 11.6 Å². The zero-order valence-corrected chi connectivity index (χ0v) is 16.1. The first-order valence-corrected chi connectivity index (χ1v) is 9.50. The quantitative estimate of drug-likeness (QED) is 0.375. The molecule has 7 heteroatoms. The van der Waals surface area contributed by atoms with Gasteiger partial charge in [-0.25, -0.2) is 9.78 Å². The molecule has 0 aliphatic rings. The van der Waals surface area contributed by atoms with Crippen molar-refractivity contribution in [2.75, 3.05) is 5.32 Å². The molecule has 0 aliphatic carbocycles. The molecule has 4 N–H and O–H groups in total. The molecule has 2 amide bonds. The number of rotatable bonds is 5. The van der Waals surface area contributed by atoms with Crippen LogP contribution in [0, 0.1) is 0 Å². The monoisotopic (exact) mass is 406 g/mol. The number of halogens is 1. The summed E-state index contributed by atoms with van der Waals surface area (Å²) in [5.41, 5.74) is 3.33. The van der Waals surface area contributed by atoms with E-state index in [1.165, 1.54) is 0 Å². The summed E-state index contributed by atoms with van der Waals surface area (Å²) in [6, 6.07) is 20.8. The number of aromatic amines is 1. The van der Waals surface area contributed by atoms with Crippen LogP contribution in [-0.2, 0) is 6.42 Å². The van der Waals surface area contributed by atoms with Crippen molar-refractivity contribution in [2.24, 2.45) is 0 Å². The molecule has 1 unspecified atom stereocenters. The lowest BCUT2D eigenvalue weighted by Gasteiger charge is -2.17. The van der Waals surface area contributed by atoms with Crippen LogP contribution in [0.2, 0.25) is 5.02 Å². The fourth-order valence-corrected chi connectivity index (χ4v) is 3.21. The van der Waals surface area contributed by atoms with Crippen molar-refractivity contribution in [1.29, 1.82) is 0 Å². The standard InChI is InChI=1S/C22H19ClN4O2/c23-15-7-9-16(10-8-15)24-22(29)27-20(13-14-5-11-17(28)12-6-14)21-25-18-3-1-2-4-19(18)26-21/h1-12,20,28H,13H2,(H,25,26)(H2,24,27,29). The van der Waals surface area contributed by atoms with Gasteiger partial charge in [0.05, 0.1) is 17.1 Å². The van der Waals surface area contributed by atoms with E-state index in [9.17, 15) is 9.90 Å². The van der Waals surface area contributed by atoms with E-state index in [0.29, 0.717) is 23.0 Å². The molecule has 4 aromatic rings. The van der Waals surface area contributed by atoms with E-state index in [2.05, 4.69) is 20.6 Å². The summed E-state index contributed by atoms with van der Waals surface area (Å²) >= 11 is 5.89. The van der Waals surface area contributed by atoms with Crippen molar-refractivity contribution in [3.63, 3.8) is 0 Å². The second-order valence-corrected chi connectivity index (χ2v) is 7.10. The zero-order valence-electron chi connectivity index (χ0n) is 15.4. The smallest absolute Gasteiger partial charge is 0.319 e. The van der Waals surface area contributed by atoms with Crippen molar-refractivity contribution in [2.45, 2.75) is 12.5 Å². The minimum atomic E-state index is -0.390. The van der Waals surface area contributed by atoms with E-state index in [0.717, 1.165) is 16.6 Å². The first-order chi connectivity index (χ1) is 14.1. The largest absolute Gasteiger partial charge is 0.508 e. The highest BCUT2D eigenvalue weighted by Gasteiger charge is 2.19. The van der Waals surface area contributed by atoms with Crippen molar-refractivity contribution in [1.82, 2.24) is 15.3 Å². The maximum absolute atomic E-state index is 12.6. The van der Waals surface area contributed by atoms with Gasteiger partial charge in [0.25, 0.3) is 0 Å². The predicted octanol–water partition coefficient (Wildman–Crippen LogP) is 5.03. The van der Waals surface area contributed by atoms with Crippen molar-refractivity contribution in [3.8, 4) is 5.75 Å². The number of hydrogen-bond acceptors (Lipinski definition) is 3. The number of carbonyl (C=O) groups excluding carboxylic acids is 1. The summed E-state index contributed by atoms with van der Waals surface area (Å²) in [6.45, 7) is 0. The summed E-state index contributed by atoms with van der Waals surface area (Å²) in [7, 11) is 0. The fourth-order valence-electron chi connectivity index (χ4n) is 3.08. The van der Waals surface area contributed by atoms with Gasteiger partial charge in [-0.1, -0.05) is 35.9 Å². The topological polar surface area (TPSA) is 90.0 Å². The number of aromatic nitrogens is 2. The zero-order chi connectivity index (χ0) is 20.2. The van der Waals surface area contributed by atoms with Crippen LogP contribution in [0.3, 0.4) is 0 Å². The van der Waals surface area contributed by atoms with Gasteiger partial charge in [-0.05, 0) is 60.5 Å². The second-order valence-electron chi connectivity index (χ2n) is 6.67. The third kappa shape index (κ3) is 4.67. The molecule has 0 saturated heterocycles. The van der Waals surface area contributed by atoms with Gasteiger partial charge < -0.3 is 20.7 Å². The maximum Gasteiger partial charge on any atom is 0.319 e. The van der Waals surface area contributed by atoms with Gasteiger partial charge >= 0.3 is 6.03 Å². The van der Waals surface area contributed by atoms with E-state index in [4.69, 9.17) is 11.6 Å². The van der Waals surface area contributed by atoms with Crippen LogP contribution in [0.4, 0.5) is 10.5 Å². The number of phenolic OH excluding ortho intramolecular Hbond substituents is 1. The molecule has 0 aliphatic heterocycles. The van der Waals surface area contributed by atoms with Gasteiger partial charge in [-0.15, -0.1) is 0 Å². The Balaban J connectivity index is 1.57. The molecule has 1 atom stereocenters. The summed E-state index contributed by atoms with van der Waals surface area (Å²) < 4.78 is 0. The molecule has 0 radical (unpaired) electrons. The Morgan fingerprint density at radius 3 is 2.48 bits per heavy atom. The Hall–Kier alpha value is -3.51. The number of para-hydroxylation sites is 2. The molecule has 0 bridgehead atoms. The molecule has 1 aromatic heterocycles. The van der Waals surface area contributed by atoms with Crippen LogP contribution in [0.15, 0.2) is 72.8 Å². The highest BCUT2D eigenvalue weighted by molar-refractivity contribution is 6.30. The number of carbonyl (C=O) groups is 1. The number of aromatic hydroxyl groups is 1. The summed E-state index contributed by atoms with van der Waals surface area (Å²) in [6.07, 6.45) is 0.508. The molecular formula is C22H19ClN4O2. The van der Waals surface area contributed by atoms with E-state index >= 15 is 0 Å². The minimum absolute atomic E-state index is 0.197. The highest BCUT2D eigenvalue weighted by Crippen LogP contribution is 2.21. The maximum atomic E-state index is 12.6. The Morgan fingerprint density at radius 1 is 1.03 bits per heavy atom. The molecule has 0 saturated carbocycles. The minimum Gasteiger partial charge on any atom is -0.508 e. The normalized spacial score (nSPS) is 11.9. The van der Waals surface area contributed by atoms with Gasteiger partial charge in [0, 0.05) is 10.7 Å². The average molecular weight is 407 g/mol. The Morgan fingerprint density at radius 2 is 1.76 bits per heavy atom. The SMILES string of the molecule is O=C(Nc1ccc(Cl)cc1)NC(Cc1ccc(O)cc1)c1nc2ccccc2[nH]1. The van der Waals surface area contributed by atoms with Crippen LogP contribution in [-0.4, -0.2) is 21.1 Å². The van der Waals surface area contributed by atoms with Gasteiger partial charge in [0.15, 0.2) is 0 Å². The second kappa shape index (κ2) is 8.24. The number of H-pyrrole nitrogens is 1. The summed E-state index contributed by atoms with van der Waals surface area (Å²) in [4.78, 5) is 20.5. The molecule has 3 aromatic carbocycles. The number of nitrogens with zero attached hydrogens (tertiary/aromatic N) is 1. The molecule has 1 heterocycles. The van der Waals surface area contributed by atoms with Crippen LogP contribution in [0.1, 0.15) is 17.4 Å². The van der Waals surface area contributed by atoms with Gasteiger partial charge in [-0.3, -0.25) is 0 Å². The average Bonchev–Trinajstić information content (AvgIpc) is 3.15. The molecular weight excluding hydrogens is 388 g/mol. The number of anilines is 1. The number of phenols is 1. The van der Waals surface area contributed by atoms with Crippen LogP contribution >= 0.6 is 11.6 Å². The number of hydrogen-bond donors (Lipinski definition) is 4. The molecule has 6 nitrogen and oxygen atoms in total. The lowest BCUT2D eigenvalue weighted by atomic mass is 10.1. The molecule has 146 valence electrons. The number of nitrogens with one attached hydrogen (secondary N) is 3.